The molecule has 0 aromatic heterocycles. The first kappa shape index (κ1) is 11.5. The molecule has 1 aromatic carbocycles. The maximum Gasteiger partial charge on any atom is 0.223 e. The minimum Gasteiger partial charge on any atom is -0.349 e. The molecule has 1 amide bonds. The van der Waals surface area contributed by atoms with E-state index in [1.165, 1.54) is 12.0 Å². The number of nitrogens with one attached hydrogen (secondary N) is 1. The van der Waals surface area contributed by atoms with E-state index in [9.17, 15) is 4.79 Å². The van der Waals surface area contributed by atoms with E-state index in [2.05, 4.69) is 40.5 Å². The summed E-state index contributed by atoms with van der Waals surface area (Å²) in [5.74, 6) is 1.33. The molecule has 1 saturated heterocycles. The summed E-state index contributed by atoms with van der Waals surface area (Å²) < 4.78 is 0. The van der Waals surface area contributed by atoms with Gasteiger partial charge in [0.05, 0.1) is 5.54 Å². The molecule has 1 aliphatic heterocycles. The summed E-state index contributed by atoms with van der Waals surface area (Å²) in [4.78, 5) is 14.4. The highest BCUT2D eigenvalue weighted by Crippen LogP contribution is 2.50. The van der Waals surface area contributed by atoms with Crippen LogP contribution in [-0.2, 0) is 11.3 Å². The van der Waals surface area contributed by atoms with Crippen molar-refractivity contribution >= 4 is 5.91 Å². The number of amides is 1. The summed E-state index contributed by atoms with van der Waals surface area (Å²) in [5, 5.41) is 3.33. The van der Waals surface area contributed by atoms with Crippen molar-refractivity contribution in [1.29, 1.82) is 0 Å². The summed E-state index contributed by atoms with van der Waals surface area (Å²) in [6, 6.07) is 10.6. The zero-order chi connectivity index (χ0) is 12.9. The van der Waals surface area contributed by atoms with Crippen LogP contribution in [-0.4, -0.2) is 29.4 Å². The van der Waals surface area contributed by atoms with Crippen LogP contribution in [0.25, 0.3) is 0 Å². The van der Waals surface area contributed by atoms with Crippen molar-refractivity contribution in [3.05, 3.63) is 35.9 Å². The molecule has 100 valence electrons. The molecule has 0 bridgehead atoms. The van der Waals surface area contributed by atoms with Crippen molar-refractivity contribution in [2.75, 3.05) is 13.1 Å². The number of fused-ring (bicyclic) bond motifs is 1. The van der Waals surface area contributed by atoms with Crippen LogP contribution in [0.3, 0.4) is 0 Å². The summed E-state index contributed by atoms with van der Waals surface area (Å²) in [6.45, 7) is 3.18. The van der Waals surface area contributed by atoms with Crippen LogP contribution >= 0.6 is 0 Å². The predicted octanol–water partition coefficient (Wildman–Crippen LogP) is 1.79. The molecule has 0 unspecified atom stereocenters. The highest BCUT2D eigenvalue weighted by Gasteiger charge is 2.61. The average molecular weight is 256 g/mol. The molecular weight excluding hydrogens is 236 g/mol. The number of carbonyl (C=O) groups is 1. The molecule has 0 radical (unpaired) electrons. The largest absolute Gasteiger partial charge is 0.349 e. The number of piperidine rings is 1. The Hall–Kier alpha value is -1.35. The number of benzene rings is 1. The quantitative estimate of drug-likeness (QED) is 0.890. The number of hydrogen-bond donors (Lipinski definition) is 1. The van der Waals surface area contributed by atoms with Crippen LogP contribution < -0.4 is 5.32 Å². The summed E-state index contributed by atoms with van der Waals surface area (Å²) in [5.41, 5.74) is 1.50. The second kappa shape index (κ2) is 4.07. The van der Waals surface area contributed by atoms with Crippen LogP contribution in [0.5, 0.6) is 0 Å². The van der Waals surface area contributed by atoms with Crippen LogP contribution in [0.2, 0.25) is 0 Å². The second-order valence-electron chi connectivity index (χ2n) is 6.48. The van der Waals surface area contributed by atoms with Crippen molar-refractivity contribution in [2.24, 2.45) is 11.8 Å². The van der Waals surface area contributed by atoms with E-state index >= 15 is 0 Å². The number of nitrogens with zero attached hydrogens (tertiary/aromatic N) is 1. The molecule has 0 spiro atoms. The van der Waals surface area contributed by atoms with Crippen molar-refractivity contribution in [1.82, 2.24) is 10.2 Å². The molecule has 4 rings (SSSR count). The molecule has 2 saturated carbocycles. The third-order valence-electron chi connectivity index (χ3n) is 4.79. The molecule has 3 heteroatoms. The molecule has 1 heterocycles. The summed E-state index contributed by atoms with van der Waals surface area (Å²) in [7, 11) is 0. The first-order valence-corrected chi connectivity index (χ1v) is 7.33. The fourth-order valence-electron chi connectivity index (χ4n) is 3.44. The maximum atomic E-state index is 11.9. The van der Waals surface area contributed by atoms with Crippen molar-refractivity contribution < 1.29 is 4.79 Å². The molecule has 2 aliphatic carbocycles. The van der Waals surface area contributed by atoms with Gasteiger partial charge in [0.2, 0.25) is 5.91 Å². The van der Waals surface area contributed by atoms with E-state index in [1.807, 2.05) is 0 Å². The van der Waals surface area contributed by atoms with Gasteiger partial charge in [0.1, 0.15) is 0 Å². The topological polar surface area (TPSA) is 32.3 Å². The zero-order valence-electron chi connectivity index (χ0n) is 11.1. The molecule has 1 aromatic rings. The van der Waals surface area contributed by atoms with Crippen molar-refractivity contribution in [3.8, 4) is 0 Å². The van der Waals surface area contributed by atoms with E-state index in [4.69, 9.17) is 0 Å². The number of rotatable bonds is 4. The molecular formula is C16H20N2O. The Labute approximate surface area is 114 Å². The van der Waals surface area contributed by atoms with Crippen LogP contribution in [0, 0.1) is 11.8 Å². The SMILES string of the molecule is O=C(N[C@]12C[C@H]1CN(Cc1ccccc1)C2)C1CC1. The van der Waals surface area contributed by atoms with Gasteiger partial charge in [-0.1, -0.05) is 30.3 Å². The van der Waals surface area contributed by atoms with Crippen LogP contribution in [0.4, 0.5) is 0 Å². The molecule has 3 nitrogen and oxygen atoms in total. The Morgan fingerprint density at radius 2 is 2.11 bits per heavy atom. The second-order valence-corrected chi connectivity index (χ2v) is 6.48. The van der Waals surface area contributed by atoms with Crippen LogP contribution in [0.1, 0.15) is 24.8 Å². The fourth-order valence-corrected chi connectivity index (χ4v) is 3.44. The lowest BCUT2D eigenvalue weighted by molar-refractivity contribution is -0.123. The Morgan fingerprint density at radius 1 is 1.32 bits per heavy atom. The van der Waals surface area contributed by atoms with E-state index in [0.717, 1.165) is 32.5 Å². The van der Waals surface area contributed by atoms with Gasteiger partial charge in [-0.2, -0.15) is 0 Å². The van der Waals surface area contributed by atoms with Crippen LogP contribution in [0.15, 0.2) is 30.3 Å². The van der Waals surface area contributed by atoms with Gasteiger partial charge in [-0.15, -0.1) is 0 Å². The normalized spacial score (nSPS) is 32.9. The van der Waals surface area contributed by atoms with E-state index in [1.54, 1.807) is 0 Å². The fraction of sp³-hybridized carbons (Fsp3) is 0.562. The third kappa shape index (κ3) is 2.16. The number of carbonyl (C=O) groups excluding carboxylic acids is 1. The number of hydrogen-bond acceptors (Lipinski definition) is 2. The van der Waals surface area contributed by atoms with Gasteiger partial charge >= 0.3 is 0 Å². The smallest absolute Gasteiger partial charge is 0.223 e. The highest BCUT2D eigenvalue weighted by atomic mass is 16.2. The Morgan fingerprint density at radius 3 is 2.84 bits per heavy atom. The molecule has 1 N–H and O–H groups in total. The van der Waals surface area contributed by atoms with Gasteiger partial charge in [-0.25, -0.2) is 0 Å². The standard InChI is InChI=1S/C16H20N2O/c19-15(13-6-7-13)17-16-8-14(16)10-18(11-16)9-12-4-2-1-3-5-12/h1-5,13-14H,6-11H2,(H,17,19)/t14-,16-/m0/s1. The average Bonchev–Trinajstić information content (AvgIpc) is 3.30. The Balaban J connectivity index is 1.37. The minimum atomic E-state index is 0.133. The van der Waals surface area contributed by atoms with Gasteiger partial charge in [0.15, 0.2) is 0 Å². The van der Waals surface area contributed by atoms with E-state index < -0.39 is 0 Å². The lowest BCUT2D eigenvalue weighted by Gasteiger charge is -2.21. The maximum absolute atomic E-state index is 11.9. The van der Waals surface area contributed by atoms with Gasteiger partial charge in [0, 0.05) is 25.6 Å². The van der Waals surface area contributed by atoms with Crippen molar-refractivity contribution in [2.45, 2.75) is 31.3 Å². The summed E-state index contributed by atoms with van der Waals surface area (Å²) in [6.07, 6.45) is 3.39. The molecule has 2 atom stereocenters. The van der Waals surface area contributed by atoms with Gasteiger partial charge in [0.25, 0.3) is 0 Å². The lowest BCUT2D eigenvalue weighted by atomic mass is 10.2. The third-order valence-corrected chi connectivity index (χ3v) is 4.79. The Kier molecular flexibility index (Phi) is 2.46. The first-order chi connectivity index (χ1) is 9.25. The minimum absolute atomic E-state index is 0.133. The first-order valence-electron chi connectivity index (χ1n) is 7.33. The van der Waals surface area contributed by atoms with Crippen molar-refractivity contribution in [3.63, 3.8) is 0 Å². The van der Waals surface area contributed by atoms with Gasteiger partial charge < -0.3 is 5.32 Å². The Bertz CT molecular complexity index is 497. The predicted molar refractivity (Wildman–Crippen MR) is 73.4 cm³/mol. The van der Waals surface area contributed by atoms with Gasteiger partial charge in [-0.3, -0.25) is 9.69 Å². The molecule has 19 heavy (non-hydrogen) atoms. The zero-order valence-corrected chi connectivity index (χ0v) is 11.1. The monoisotopic (exact) mass is 256 g/mol. The highest BCUT2D eigenvalue weighted by molar-refractivity contribution is 5.82. The van der Waals surface area contributed by atoms with Gasteiger partial charge in [-0.05, 0) is 30.7 Å². The molecule has 3 aliphatic rings. The molecule has 3 fully saturated rings. The van der Waals surface area contributed by atoms with E-state index in [-0.39, 0.29) is 5.54 Å². The summed E-state index contributed by atoms with van der Waals surface area (Å²) >= 11 is 0. The number of likely N-dealkylation sites (tertiary alicyclic amines) is 1. The van der Waals surface area contributed by atoms with E-state index in [0.29, 0.717) is 17.7 Å². The lowest BCUT2D eigenvalue weighted by Crippen LogP contribution is -2.42.